The van der Waals surface area contributed by atoms with E-state index in [-0.39, 0.29) is 5.41 Å². The first-order valence-electron chi connectivity index (χ1n) is 8.03. The molecule has 0 saturated carbocycles. The number of hydrogen-bond donors (Lipinski definition) is 0. The molecule has 106 valence electrons. The maximum absolute atomic E-state index is 2.33. The molecule has 0 fully saturated rings. The summed E-state index contributed by atoms with van der Waals surface area (Å²) in [5, 5.41) is 0. The molecule has 0 heterocycles. The molecular weight excluding hydrogens is 240 g/mol. The largest absolute Gasteiger partial charge is 0.0683 e. The summed E-state index contributed by atoms with van der Waals surface area (Å²) < 4.78 is 0. The van der Waals surface area contributed by atoms with Crippen molar-refractivity contribution in [3.05, 3.63) is 59.7 Å². The van der Waals surface area contributed by atoms with E-state index < -0.39 is 0 Å². The van der Waals surface area contributed by atoms with Crippen LogP contribution in [-0.4, -0.2) is 0 Å². The summed E-state index contributed by atoms with van der Waals surface area (Å²) in [5.41, 5.74) is 6.22. The van der Waals surface area contributed by atoms with Gasteiger partial charge in [-0.25, -0.2) is 0 Å². The molecule has 0 aromatic heterocycles. The maximum atomic E-state index is 2.33. The van der Waals surface area contributed by atoms with Crippen LogP contribution in [0.25, 0.3) is 11.1 Å². The zero-order chi connectivity index (χ0) is 14.6. The summed E-state index contributed by atoms with van der Waals surface area (Å²) in [5.74, 6) is 0. The SMILES string of the molecule is CC.CCCC1(CC)c2ccccc2-c2ccccc21. The lowest BCUT2D eigenvalue weighted by molar-refractivity contribution is 0.461. The van der Waals surface area contributed by atoms with E-state index in [4.69, 9.17) is 0 Å². The van der Waals surface area contributed by atoms with Crippen molar-refractivity contribution >= 4 is 0 Å². The van der Waals surface area contributed by atoms with Crippen LogP contribution in [0.1, 0.15) is 58.1 Å². The Morgan fingerprint density at radius 1 is 0.750 bits per heavy atom. The van der Waals surface area contributed by atoms with Gasteiger partial charge in [0, 0.05) is 5.41 Å². The predicted octanol–water partition coefficient (Wildman–Crippen LogP) is 6.19. The van der Waals surface area contributed by atoms with Crippen molar-refractivity contribution in [3.8, 4) is 11.1 Å². The summed E-state index contributed by atoms with van der Waals surface area (Å²) in [7, 11) is 0. The van der Waals surface area contributed by atoms with E-state index in [9.17, 15) is 0 Å². The van der Waals surface area contributed by atoms with E-state index in [1.165, 1.54) is 41.5 Å². The van der Waals surface area contributed by atoms with Crippen LogP contribution in [0.3, 0.4) is 0 Å². The molecule has 0 heteroatoms. The lowest BCUT2D eigenvalue weighted by Crippen LogP contribution is -2.23. The Bertz CT molecular complexity index is 520. The van der Waals surface area contributed by atoms with Crippen molar-refractivity contribution < 1.29 is 0 Å². The van der Waals surface area contributed by atoms with E-state index in [0.717, 1.165) is 0 Å². The quantitative estimate of drug-likeness (QED) is 0.621. The van der Waals surface area contributed by atoms with Crippen LogP contribution in [0.5, 0.6) is 0 Å². The molecule has 2 aromatic rings. The highest BCUT2D eigenvalue weighted by molar-refractivity contribution is 5.80. The Morgan fingerprint density at radius 2 is 1.20 bits per heavy atom. The minimum Gasteiger partial charge on any atom is -0.0683 e. The Hall–Kier alpha value is -1.56. The summed E-state index contributed by atoms with van der Waals surface area (Å²) >= 11 is 0. The molecule has 1 aliphatic carbocycles. The highest BCUT2D eigenvalue weighted by atomic mass is 14.4. The summed E-state index contributed by atoms with van der Waals surface area (Å²) in [6, 6.07) is 17.9. The van der Waals surface area contributed by atoms with Gasteiger partial charge in [0.05, 0.1) is 0 Å². The highest BCUT2D eigenvalue weighted by Crippen LogP contribution is 2.52. The molecule has 0 radical (unpaired) electrons. The van der Waals surface area contributed by atoms with Crippen LogP contribution in [0, 0.1) is 0 Å². The smallest absolute Gasteiger partial charge is 0.0212 e. The summed E-state index contributed by atoms with van der Waals surface area (Å²) in [4.78, 5) is 0. The molecule has 20 heavy (non-hydrogen) atoms. The number of benzene rings is 2. The molecular formula is C20H26. The third-order valence-corrected chi connectivity index (χ3v) is 4.46. The van der Waals surface area contributed by atoms with E-state index in [2.05, 4.69) is 62.4 Å². The van der Waals surface area contributed by atoms with Gasteiger partial charge in [0.15, 0.2) is 0 Å². The normalized spacial score (nSPS) is 14.0. The van der Waals surface area contributed by atoms with Crippen molar-refractivity contribution in [3.63, 3.8) is 0 Å². The third kappa shape index (κ3) is 2.08. The Labute approximate surface area is 123 Å². The van der Waals surface area contributed by atoms with Crippen LogP contribution in [-0.2, 0) is 5.41 Å². The van der Waals surface area contributed by atoms with Gasteiger partial charge in [-0.1, -0.05) is 82.6 Å². The standard InChI is InChI=1S/C18H20.C2H6/c1-3-13-18(4-2)16-11-7-5-9-14(16)15-10-6-8-12-17(15)18;1-2/h5-12H,3-4,13H2,1-2H3;1-2H3. The van der Waals surface area contributed by atoms with Gasteiger partial charge in [-0.15, -0.1) is 0 Å². The monoisotopic (exact) mass is 266 g/mol. The van der Waals surface area contributed by atoms with Gasteiger partial charge in [0.25, 0.3) is 0 Å². The van der Waals surface area contributed by atoms with Gasteiger partial charge in [-0.2, -0.15) is 0 Å². The van der Waals surface area contributed by atoms with Gasteiger partial charge < -0.3 is 0 Å². The van der Waals surface area contributed by atoms with Gasteiger partial charge >= 0.3 is 0 Å². The average molecular weight is 266 g/mol. The molecule has 0 aliphatic heterocycles. The van der Waals surface area contributed by atoms with Gasteiger partial charge in [0.1, 0.15) is 0 Å². The zero-order valence-electron chi connectivity index (χ0n) is 13.2. The molecule has 3 rings (SSSR count). The van der Waals surface area contributed by atoms with Crippen LogP contribution >= 0.6 is 0 Å². The first kappa shape index (κ1) is 14.8. The molecule has 2 aromatic carbocycles. The molecule has 0 bridgehead atoms. The fourth-order valence-electron chi connectivity index (χ4n) is 3.67. The molecule has 0 N–H and O–H groups in total. The zero-order valence-corrected chi connectivity index (χ0v) is 13.2. The Balaban J connectivity index is 0.000000704. The lowest BCUT2D eigenvalue weighted by atomic mass is 9.73. The van der Waals surface area contributed by atoms with Crippen LogP contribution in [0.2, 0.25) is 0 Å². The first-order chi connectivity index (χ1) is 9.83. The number of rotatable bonds is 3. The Morgan fingerprint density at radius 3 is 1.60 bits per heavy atom. The Kier molecular flexibility index (Phi) is 4.65. The van der Waals surface area contributed by atoms with Crippen molar-refractivity contribution in [1.82, 2.24) is 0 Å². The fourth-order valence-corrected chi connectivity index (χ4v) is 3.67. The lowest BCUT2D eigenvalue weighted by Gasteiger charge is -2.30. The minimum atomic E-state index is 0.252. The number of hydrogen-bond acceptors (Lipinski definition) is 0. The summed E-state index contributed by atoms with van der Waals surface area (Å²) in [6.45, 7) is 8.62. The second-order valence-electron chi connectivity index (χ2n) is 5.28. The van der Waals surface area contributed by atoms with Crippen molar-refractivity contribution in [2.45, 2.75) is 52.4 Å². The highest BCUT2D eigenvalue weighted by Gasteiger charge is 2.40. The fraction of sp³-hybridized carbons (Fsp3) is 0.400. The van der Waals surface area contributed by atoms with Crippen molar-refractivity contribution in [1.29, 1.82) is 0 Å². The van der Waals surface area contributed by atoms with Crippen LogP contribution < -0.4 is 0 Å². The van der Waals surface area contributed by atoms with Gasteiger partial charge in [-0.3, -0.25) is 0 Å². The molecule has 1 aliphatic rings. The van der Waals surface area contributed by atoms with Gasteiger partial charge in [-0.05, 0) is 35.1 Å². The van der Waals surface area contributed by atoms with Crippen molar-refractivity contribution in [2.24, 2.45) is 0 Å². The molecule has 0 nitrogen and oxygen atoms in total. The predicted molar refractivity (Wildman–Crippen MR) is 89.2 cm³/mol. The van der Waals surface area contributed by atoms with Gasteiger partial charge in [0.2, 0.25) is 0 Å². The molecule has 0 unspecified atom stereocenters. The molecule has 0 spiro atoms. The molecule has 0 saturated heterocycles. The molecule has 0 atom stereocenters. The maximum Gasteiger partial charge on any atom is 0.0212 e. The average Bonchev–Trinajstić information content (AvgIpc) is 2.81. The van der Waals surface area contributed by atoms with Crippen molar-refractivity contribution in [2.75, 3.05) is 0 Å². The summed E-state index contributed by atoms with van der Waals surface area (Å²) in [6.07, 6.45) is 3.67. The first-order valence-corrected chi connectivity index (χ1v) is 8.03. The minimum absolute atomic E-state index is 0.252. The van der Waals surface area contributed by atoms with Crippen LogP contribution in [0.4, 0.5) is 0 Å². The second kappa shape index (κ2) is 6.26. The van der Waals surface area contributed by atoms with E-state index in [1.54, 1.807) is 0 Å². The third-order valence-electron chi connectivity index (χ3n) is 4.46. The second-order valence-corrected chi connectivity index (χ2v) is 5.28. The van der Waals surface area contributed by atoms with E-state index in [1.807, 2.05) is 13.8 Å². The van der Waals surface area contributed by atoms with E-state index >= 15 is 0 Å². The van der Waals surface area contributed by atoms with E-state index in [0.29, 0.717) is 0 Å². The topological polar surface area (TPSA) is 0 Å². The molecule has 0 amide bonds. The van der Waals surface area contributed by atoms with Crippen LogP contribution in [0.15, 0.2) is 48.5 Å². The number of fused-ring (bicyclic) bond motifs is 3.